The van der Waals surface area contributed by atoms with Crippen LogP contribution in [-0.2, 0) is 4.74 Å². The highest BCUT2D eigenvalue weighted by molar-refractivity contribution is 9.09. The van der Waals surface area contributed by atoms with Crippen LogP contribution in [0.15, 0.2) is 0 Å². The SMILES string of the molecule is [3H][C@H]1C[C@H](C)[C@@H]([C@H](S)CCCBr)O1. The summed E-state index contributed by atoms with van der Waals surface area (Å²) in [6.45, 7) is 1.83. The zero-order valence-corrected chi connectivity index (χ0v) is 9.85. The monoisotopic (exact) mass is 254 g/mol. The van der Waals surface area contributed by atoms with Gasteiger partial charge >= 0.3 is 0 Å². The van der Waals surface area contributed by atoms with Gasteiger partial charge in [0.05, 0.1) is 7.47 Å². The second-order valence-corrected chi connectivity index (χ2v) is 4.84. The van der Waals surface area contributed by atoms with Crippen molar-refractivity contribution < 1.29 is 6.11 Å². The Bertz CT molecular complexity index is 159. The van der Waals surface area contributed by atoms with E-state index in [4.69, 9.17) is 6.11 Å². The molecular weight excluding hydrogens is 236 g/mol. The molecule has 1 aliphatic rings. The molecule has 12 heavy (non-hydrogen) atoms. The summed E-state index contributed by atoms with van der Waals surface area (Å²) in [4.78, 5) is 0. The third kappa shape index (κ3) is 2.93. The maximum Gasteiger partial charge on any atom is 0.0717 e. The van der Waals surface area contributed by atoms with Gasteiger partial charge in [-0.3, -0.25) is 0 Å². The fraction of sp³-hybridized carbons (Fsp3) is 1.00. The average Bonchev–Trinajstić information content (AvgIpc) is 2.41. The molecule has 0 aromatic carbocycles. The number of alkyl halides is 1. The predicted octanol–water partition coefficient (Wildman–Crippen LogP) is 2.88. The molecule has 0 N–H and O–H groups in total. The molecule has 4 atom stereocenters. The molecule has 1 rings (SSSR count). The largest absolute Gasteiger partial charge is 0.377 e. The van der Waals surface area contributed by atoms with Gasteiger partial charge in [-0.1, -0.05) is 22.9 Å². The number of ether oxygens (including phenoxy) is 1. The summed E-state index contributed by atoms with van der Waals surface area (Å²) in [6.07, 6.45) is 3.24. The van der Waals surface area contributed by atoms with Crippen LogP contribution in [0.5, 0.6) is 0 Å². The first kappa shape index (κ1) is 9.35. The Labute approximate surface area is 90.2 Å². The van der Waals surface area contributed by atoms with Crippen LogP contribution < -0.4 is 0 Å². The van der Waals surface area contributed by atoms with Crippen LogP contribution in [0.4, 0.5) is 0 Å². The van der Waals surface area contributed by atoms with E-state index in [1.165, 1.54) is 0 Å². The van der Waals surface area contributed by atoms with Gasteiger partial charge in [-0.25, -0.2) is 0 Å². The average molecular weight is 255 g/mol. The van der Waals surface area contributed by atoms with E-state index in [1.54, 1.807) is 0 Å². The van der Waals surface area contributed by atoms with Gasteiger partial charge in [0.25, 0.3) is 0 Å². The van der Waals surface area contributed by atoms with E-state index >= 15 is 0 Å². The highest BCUT2D eigenvalue weighted by Gasteiger charge is 2.29. The molecule has 1 fully saturated rings. The molecule has 0 radical (unpaired) electrons. The Morgan fingerprint density at radius 2 is 2.58 bits per heavy atom. The summed E-state index contributed by atoms with van der Waals surface area (Å²) in [5.74, 6) is 0.486. The van der Waals surface area contributed by atoms with Gasteiger partial charge < -0.3 is 4.74 Å². The number of halogens is 1. The van der Waals surface area contributed by atoms with E-state index in [1.807, 2.05) is 0 Å². The zero-order valence-electron chi connectivity index (χ0n) is 8.37. The van der Waals surface area contributed by atoms with Crippen molar-refractivity contribution in [2.45, 2.75) is 37.5 Å². The van der Waals surface area contributed by atoms with Gasteiger partial charge in [-0.2, -0.15) is 12.6 Å². The van der Waals surface area contributed by atoms with Crippen molar-refractivity contribution in [1.29, 1.82) is 0 Å². The summed E-state index contributed by atoms with van der Waals surface area (Å²) < 4.78 is 13.0. The Morgan fingerprint density at radius 1 is 1.83 bits per heavy atom. The van der Waals surface area contributed by atoms with Gasteiger partial charge in [0.2, 0.25) is 0 Å². The van der Waals surface area contributed by atoms with E-state index in [2.05, 4.69) is 35.5 Å². The minimum atomic E-state index is -0.321. The maximum absolute atomic E-state index is 7.50. The van der Waals surface area contributed by atoms with Crippen molar-refractivity contribution in [3.05, 3.63) is 0 Å². The zero-order chi connectivity index (χ0) is 9.84. The Morgan fingerprint density at radius 3 is 3.08 bits per heavy atom. The van der Waals surface area contributed by atoms with Crippen molar-refractivity contribution in [3.63, 3.8) is 0 Å². The lowest BCUT2D eigenvalue weighted by Gasteiger charge is -2.21. The minimum absolute atomic E-state index is 0.185. The van der Waals surface area contributed by atoms with Crippen LogP contribution in [0.25, 0.3) is 0 Å². The van der Waals surface area contributed by atoms with Crippen LogP contribution >= 0.6 is 28.6 Å². The molecule has 0 aliphatic carbocycles. The van der Waals surface area contributed by atoms with E-state index in [9.17, 15) is 0 Å². The standard InChI is InChI=1S/C9H17BrOS/c1-7-4-6-11-9(7)8(12)3-2-5-10/h7-9,12H,2-6H2,1H3/t7-,8+,9-/m0/s1/i6T/t6-,7-,8+,9-. The van der Waals surface area contributed by atoms with Gasteiger partial charge in [0, 0.05) is 17.2 Å². The predicted molar refractivity (Wildman–Crippen MR) is 59.3 cm³/mol. The van der Waals surface area contributed by atoms with Crippen molar-refractivity contribution >= 4 is 28.6 Å². The fourth-order valence-electron chi connectivity index (χ4n) is 1.51. The van der Waals surface area contributed by atoms with Crippen molar-refractivity contribution in [3.8, 4) is 0 Å². The molecule has 0 aromatic rings. The molecule has 72 valence electrons. The van der Waals surface area contributed by atoms with Gasteiger partial charge in [0.1, 0.15) is 0 Å². The van der Waals surface area contributed by atoms with Gasteiger partial charge in [0.15, 0.2) is 0 Å². The highest BCUT2D eigenvalue weighted by atomic mass is 79.9. The highest BCUT2D eigenvalue weighted by Crippen LogP contribution is 2.27. The van der Waals surface area contributed by atoms with Crippen molar-refractivity contribution in [2.24, 2.45) is 5.92 Å². The Kier molecular flexibility index (Phi) is 4.29. The molecule has 1 saturated heterocycles. The molecule has 0 unspecified atom stereocenters. The van der Waals surface area contributed by atoms with Crippen LogP contribution in [0.2, 0.25) is 0 Å². The summed E-state index contributed by atoms with van der Waals surface area (Å²) in [7, 11) is 0. The first-order valence-electron chi connectivity index (χ1n) is 5.04. The van der Waals surface area contributed by atoms with Gasteiger partial charge in [-0.05, 0) is 25.2 Å². The minimum Gasteiger partial charge on any atom is -0.377 e. The lowest BCUT2D eigenvalue weighted by Crippen LogP contribution is -2.25. The Hall–Kier alpha value is 0.790. The molecule has 0 aromatic heterocycles. The lowest BCUT2D eigenvalue weighted by atomic mass is 9.99. The first-order chi connectivity index (χ1) is 6.15. The molecule has 0 amide bonds. The summed E-state index contributed by atoms with van der Waals surface area (Å²) in [6, 6.07) is 0. The molecule has 0 bridgehead atoms. The summed E-state index contributed by atoms with van der Waals surface area (Å²) in [5, 5.41) is 1.32. The third-order valence-electron chi connectivity index (χ3n) is 2.29. The number of hydrogen-bond donors (Lipinski definition) is 1. The molecule has 0 spiro atoms. The second-order valence-electron chi connectivity index (χ2n) is 3.38. The normalized spacial score (nSPS) is 39.6. The van der Waals surface area contributed by atoms with Crippen LogP contribution in [0, 0.1) is 5.92 Å². The van der Waals surface area contributed by atoms with Gasteiger partial charge in [-0.15, -0.1) is 0 Å². The molecule has 3 heteroatoms. The number of thiol groups is 1. The fourth-order valence-corrected chi connectivity index (χ4v) is 2.38. The number of hydrogen-bond acceptors (Lipinski definition) is 2. The van der Waals surface area contributed by atoms with Crippen LogP contribution in [0.1, 0.15) is 27.6 Å². The van der Waals surface area contributed by atoms with E-state index in [0.717, 1.165) is 24.6 Å². The topological polar surface area (TPSA) is 9.23 Å². The van der Waals surface area contributed by atoms with Crippen LogP contribution in [0.3, 0.4) is 0 Å². The summed E-state index contributed by atoms with van der Waals surface area (Å²) >= 11 is 7.93. The first-order valence-corrected chi connectivity index (χ1v) is 6.10. The third-order valence-corrected chi connectivity index (χ3v) is 3.41. The molecule has 1 nitrogen and oxygen atoms in total. The molecular formula is C9H17BrOS. The van der Waals surface area contributed by atoms with Crippen molar-refractivity contribution in [1.82, 2.24) is 0 Å². The molecule has 1 heterocycles. The quantitative estimate of drug-likeness (QED) is 0.600. The van der Waals surface area contributed by atoms with Crippen molar-refractivity contribution in [2.75, 3.05) is 11.9 Å². The van der Waals surface area contributed by atoms with E-state index in [0.29, 0.717) is 11.2 Å². The van der Waals surface area contributed by atoms with Crippen LogP contribution in [-0.4, -0.2) is 23.3 Å². The smallest absolute Gasteiger partial charge is 0.0717 e. The summed E-state index contributed by atoms with van der Waals surface area (Å²) in [5.41, 5.74) is 0. The maximum atomic E-state index is 7.50. The van der Waals surface area contributed by atoms with E-state index in [-0.39, 0.29) is 12.7 Å². The molecule has 1 aliphatic heterocycles. The Balaban J connectivity index is 2.33. The van der Waals surface area contributed by atoms with E-state index < -0.39 is 0 Å². The number of rotatable bonds is 4. The molecule has 0 saturated carbocycles. The second kappa shape index (κ2) is 5.51. The lowest BCUT2D eigenvalue weighted by molar-refractivity contribution is 0.0905.